The summed E-state index contributed by atoms with van der Waals surface area (Å²) < 4.78 is 10.7. The number of nitrogens with one attached hydrogen (secondary N) is 2. The maximum absolute atomic E-state index is 6.01. The number of aromatic nitrogens is 2. The first-order valence-corrected chi connectivity index (χ1v) is 9.07. The van der Waals surface area contributed by atoms with E-state index in [0.29, 0.717) is 6.54 Å². The van der Waals surface area contributed by atoms with Crippen LogP contribution in [0.1, 0.15) is 11.1 Å². The van der Waals surface area contributed by atoms with Crippen LogP contribution < -0.4 is 20.1 Å². The largest absolute Gasteiger partial charge is 0.454 e. The summed E-state index contributed by atoms with van der Waals surface area (Å²) in [5.74, 6) is 3.10. The molecular formula is C20H19ClN4O2. The first-order chi connectivity index (χ1) is 13.3. The Labute approximate surface area is 162 Å². The molecule has 0 atom stereocenters. The summed E-state index contributed by atoms with van der Waals surface area (Å²) >= 11 is 6.01. The average Bonchev–Trinajstić information content (AvgIpc) is 3.15. The Hall–Kier alpha value is -2.99. The minimum Gasteiger partial charge on any atom is -0.454 e. The van der Waals surface area contributed by atoms with Crippen molar-refractivity contribution >= 4 is 23.2 Å². The second kappa shape index (κ2) is 8.14. The van der Waals surface area contributed by atoms with Gasteiger partial charge in [0, 0.05) is 24.2 Å². The van der Waals surface area contributed by atoms with E-state index in [0.717, 1.165) is 46.7 Å². The number of ether oxygens (including phenoxy) is 2. The van der Waals surface area contributed by atoms with Gasteiger partial charge in [0.1, 0.15) is 18.0 Å². The normalized spacial score (nSPS) is 12.0. The third-order valence-electron chi connectivity index (χ3n) is 4.19. The Morgan fingerprint density at radius 1 is 0.889 bits per heavy atom. The van der Waals surface area contributed by atoms with E-state index in [-0.39, 0.29) is 6.79 Å². The molecule has 0 amide bonds. The lowest BCUT2D eigenvalue weighted by atomic mass is 10.1. The molecule has 2 heterocycles. The molecule has 1 aromatic heterocycles. The van der Waals surface area contributed by atoms with Gasteiger partial charge in [-0.3, -0.25) is 0 Å². The highest BCUT2D eigenvalue weighted by Crippen LogP contribution is 2.32. The Balaban J connectivity index is 1.31. The number of fused-ring (bicyclic) bond motifs is 1. The van der Waals surface area contributed by atoms with Crippen molar-refractivity contribution in [2.24, 2.45) is 0 Å². The number of halogens is 1. The van der Waals surface area contributed by atoms with Gasteiger partial charge in [-0.2, -0.15) is 0 Å². The fourth-order valence-electron chi connectivity index (χ4n) is 2.82. The Morgan fingerprint density at radius 2 is 1.74 bits per heavy atom. The molecule has 0 spiro atoms. The summed E-state index contributed by atoms with van der Waals surface area (Å²) in [5.41, 5.74) is 2.28. The van der Waals surface area contributed by atoms with E-state index < -0.39 is 0 Å². The van der Waals surface area contributed by atoms with Crippen molar-refractivity contribution in [3.8, 4) is 11.5 Å². The molecule has 0 aliphatic carbocycles. The van der Waals surface area contributed by atoms with Gasteiger partial charge >= 0.3 is 0 Å². The van der Waals surface area contributed by atoms with Gasteiger partial charge in [0.15, 0.2) is 11.5 Å². The van der Waals surface area contributed by atoms with Gasteiger partial charge in [0.25, 0.3) is 0 Å². The minimum absolute atomic E-state index is 0.280. The SMILES string of the molecule is Clc1cccc(CCNc2cc(NCc3ccc4c(c3)OCO4)ncn2)c1. The lowest BCUT2D eigenvalue weighted by Crippen LogP contribution is -2.08. The highest BCUT2D eigenvalue weighted by Gasteiger charge is 2.13. The number of hydrogen-bond donors (Lipinski definition) is 2. The molecule has 7 heteroatoms. The van der Waals surface area contributed by atoms with Crippen molar-refractivity contribution in [1.82, 2.24) is 9.97 Å². The highest BCUT2D eigenvalue weighted by atomic mass is 35.5. The Bertz CT molecular complexity index is 935. The van der Waals surface area contributed by atoms with E-state index in [1.165, 1.54) is 5.56 Å². The number of nitrogens with zero attached hydrogens (tertiary/aromatic N) is 2. The van der Waals surface area contributed by atoms with Crippen molar-refractivity contribution in [2.75, 3.05) is 24.0 Å². The average molecular weight is 383 g/mol. The fourth-order valence-corrected chi connectivity index (χ4v) is 3.03. The van der Waals surface area contributed by atoms with E-state index in [2.05, 4.69) is 26.7 Å². The molecule has 1 aliphatic rings. The van der Waals surface area contributed by atoms with Crippen LogP contribution in [0.3, 0.4) is 0 Å². The summed E-state index contributed by atoms with van der Waals surface area (Å²) in [6, 6.07) is 15.7. The number of hydrogen-bond acceptors (Lipinski definition) is 6. The van der Waals surface area contributed by atoms with Crippen LogP contribution in [0.5, 0.6) is 11.5 Å². The topological polar surface area (TPSA) is 68.3 Å². The van der Waals surface area contributed by atoms with Gasteiger partial charge in [-0.05, 0) is 41.8 Å². The Kier molecular flexibility index (Phi) is 5.25. The predicted octanol–water partition coefficient (Wildman–Crippen LogP) is 4.13. The van der Waals surface area contributed by atoms with Crippen LogP contribution in [0.4, 0.5) is 11.6 Å². The molecule has 0 bridgehead atoms. The molecule has 0 saturated heterocycles. The number of anilines is 2. The van der Waals surface area contributed by atoms with E-state index in [1.807, 2.05) is 42.5 Å². The molecule has 138 valence electrons. The molecule has 0 radical (unpaired) electrons. The maximum Gasteiger partial charge on any atom is 0.231 e. The molecule has 1 aliphatic heterocycles. The lowest BCUT2D eigenvalue weighted by molar-refractivity contribution is 0.174. The van der Waals surface area contributed by atoms with Crippen LogP contribution in [-0.2, 0) is 13.0 Å². The van der Waals surface area contributed by atoms with E-state index in [1.54, 1.807) is 6.33 Å². The summed E-state index contributed by atoms with van der Waals surface area (Å²) in [5, 5.41) is 7.37. The van der Waals surface area contributed by atoms with Crippen molar-refractivity contribution in [3.05, 3.63) is 71.0 Å². The van der Waals surface area contributed by atoms with Gasteiger partial charge in [-0.25, -0.2) is 9.97 Å². The molecule has 0 saturated carbocycles. The van der Waals surface area contributed by atoms with Gasteiger partial charge in [0.05, 0.1) is 0 Å². The van der Waals surface area contributed by atoms with Crippen LogP contribution in [0.25, 0.3) is 0 Å². The van der Waals surface area contributed by atoms with Gasteiger partial charge in [0.2, 0.25) is 6.79 Å². The minimum atomic E-state index is 0.280. The monoisotopic (exact) mass is 382 g/mol. The second-order valence-corrected chi connectivity index (χ2v) is 6.57. The van der Waals surface area contributed by atoms with Gasteiger partial charge in [-0.1, -0.05) is 29.8 Å². The molecule has 27 heavy (non-hydrogen) atoms. The molecule has 2 N–H and O–H groups in total. The molecule has 2 aromatic carbocycles. The van der Waals surface area contributed by atoms with Crippen molar-refractivity contribution in [3.63, 3.8) is 0 Å². The summed E-state index contributed by atoms with van der Waals surface area (Å²) in [6.45, 7) is 1.68. The predicted molar refractivity (Wildman–Crippen MR) is 106 cm³/mol. The standard InChI is InChI=1S/C20H19ClN4O2/c21-16-3-1-2-14(8-16)6-7-22-19-10-20(25-12-24-19)23-11-15-4-5-17-18(9-15)27-13-26-17/h1-5,8-10,12H,6-7,11,13H2,(H2,22,23,24,25). The van der Waals surface area contributed by atoms with Gasteiger partial charge < -0.3 is 20.1 Å². The third-order valence-corrected chi connectivity index (χ3v) is 4.42. The summed E-state index contributed by atoms with van der Waals surface area (Å²) in [6.07, 6.45) is 2.41. The number of benzene rings is 2. The van der Waals surface area contributed by atoms with E-state index in [4.69, 9.17) is 21.1 Å². The zero-order valence-corrected chi connectivity index (χ0v) is 15.4. The van der Waals surface area contributed by atoms with Crippen LogP contribution in [-0.4, -0.2) is 23.3 Å². The molecule has 6 nitrogen and oxygen atoms in total. The van der Waals surface area contributed by atoms with Crippen LogP contribution in [0.2, 0.25) is 5.02 Å². The van der Waals surface area contributed by atoms with Crippen molar-refractivity contribution in [2.45, 2.75) is 13.0 Å². The quantitative estimate of drug-likeness (QED) is 0.640. The van der Waals surface area contributed by atoms with Crippen LogP contribution in [0.15, 0.2) is 54.9 Å². The lowest BCUT2D eigenvalue weighted by Gasteiger charge is -2.09. The molecular weight excluding hydrogens is 364 g/mol. The van der Waals surface area contributed by atoms with E-state index >= 15 is 0 Å². The summed E-state index contributed by atoms with van der Waals surface area (Å²) in [7, 11) is 0. The van der Waals surface area contributed by atoms with Crippen LogP contribution in [0, 0.1) is 0 Å². The van der Waals surface area contributed by atoms with Crippen molar-refractivity contribution < 1.29 is 9.47 Å². The van der Waals surface area contributed by atoms with Crippen LogP contribution >= 0.6 is 11.6 Å². The maximum atomic E-state index is 6.01. The Morgan fingerprint density at radius 3 is 2.63 bits per heavy atom. The zero-order chi connectivity index (χ0) is 18.5. The first kappa shape index (κ1) is 17.4. The fraction of sp³-hybridized carbons (Fsp3) is 0.200. The molecule has 0 unspecified atom stereocenters. The van der Waals surface area contributed by atoms with E-state index in [9.17, 15) is 0 Å². The molecule has 3 aromatic rings. The number of rotatable bonds is 7. The highest BCUT2D eigenvalue weighted by molar-refractivity contribution is 6.30. The zero-order valence-electron chi connectivity index (χ0n) is 14.6. The second-order valence-electron chi connectivity index (χ2n) is 6.14. The van der Waals surface area contributed by atoms with Crippen molar-refractivity contribution in [1.29, 1.82) is 0 Å². The smallest absolute Gasteiger partial charge is 0.231 e. The molecule has 0 fully saturated rings. The first-order valence-electron chi connectivity index (χ1n) is 8.69. The molecule has 4 rings (SSSR count). The third kappa shape index (κ3) is 4.60. The summed E-state index contributed by atoms with van der Waals surface area (Å²) in [4.78, 5) is 8.53. The van der Waals surface area contributed by atoms with Gasteiger partial charge in [-0.15, -0.1) is 0 Å².